The highest BCUT2D eigenvalue weighted by Gasteiger charge is 2.46. The molecule has 1 aliphatic rings. The van der Waals surface area contributed by atoms with Gasteiger partial charge in [-0.25, -0.2) is 0 Å². The molecule has 0 saturated carbocycles. The van der Waals surface area contributed by atoms with Crippen LogP contribution in [0, 0.1) is 0 Å². The van der Waals surface area contributed by atoms with Crippen molar-refractivity contribution in [3.05, 3.63) is 65.2 Å². The molecule has 1 aliphatic heterocycles. The standard InChI is InChI=1S/C25H30N2O5/c1-5-15-32-19-12-11-18(16-20(19)31-4)22-21(23(28)17-9-7-6-8-10-17)24(29)25(30)27(22)14-13-26(2)3/h6-12,16,22,28H,5,13-15H2,1-4H3/b23-21+/t22-/m0/s1. The molecule has 1 saturated heterocycles. The lowest BCUT2D eigenvalue weighted by atomic mass is 9.95. The van der Waals surface area contributed by atoms with Crippen LogP contribution >= 0.6 is 0 Å². The van der Waals surface area contributed by atoms with E-state index in [4.69, 9.17) is 9.47 Å². The maximum absolute atomic E-state index is 13.0. The molecule has 170 valence electrons. The Labute approximate surface area is 188 Å². The number of carbonyl (C=O) groups is 2. The van der Waals surface area contributed by atoms with Gasteiger partial charge < -0.3 is 24.4 Å². The third-order valence-electron chi connectivity index (χ3n) is 5.34. The number of benzene rings is 2. The lowest BCUT2D eigenvalue weighted by Crippen LogP contribution is -2.35. The van der Waals surface area contributed by atoms with E-state index in [2.05, 4.69) is 0 Å². The van der Waals surface area contributed by atoms with Crippen LogP contribution in [0.3, 0.4) is 0 Å². The van der Waals surface area contributed by atoms with Crippen molar-refractivity contribution in [1.82, 2.24) is 9.80 Å². The minimum absolute atomic E-state index is 0.0734. The molecule has 1 fully saturated rings. The van der Waals surface area contributed by atoms with Crippen LogP contribution in [0.25, 0.3) is 5.76 Å². The second kappa shape index (κ2) is 10.3. The van der Waals surface area contributed by atoms with Gasteiger partial charge in [0.05, 0.1) is 25.3 Å². The van der Waals surface area contributed by atoms with Crippen LogP contribution in [-0.2, 0) is 9.59 Å². The molecule has 2 aromatic carbocycles. The predicted octanol–water partition coefficient (Wildman–Crippen LogP) is 3.47. The van der Waals surface area contributed by atoms with Gasteiger partial charge in [0.2, 0.25) is 0 Å². The molecule has 0 aromatic heterocycles. The van der Waals surface area contributed by atoms with Crippen LogP contribution in [0.5, 0.6) is 11.5 Å². The zero-order valence-electron chi connectivity index (χ0n) is 19.0. The SMILES string of the molecule is CCCOc1ccc([C@H]2/C(=C(\O)c3ccccc3)C(=O)C(=O)N2CCN(C)C)cc1OC. The van der Waals surface area contributed by atoms with E-state index in [0.717, 1.165) is 6.42 Å². The number of aliphatic hydroxyl groups excluding tert-OH is 1. The van der Waals surface area contributed by atoms with Crippen LogP contribution in [0.4, 0.5) is 0 Å². The van der Waals surface area contributed by atoms with E-state index in [1.54, 1.807) is 43.5 Å². The van der Waals surface area contributed by atoms with E-state index in [1.807, 2.05) is 38.1 Å². The summed E-state index contributed by atoms with van der Waals surface area (Å²) in [6.45, 7) is 3.47. The lowest BCUT2D eigenvalue weighted by Gasteiger charge is -2.27. The van der Waals surface area contributed by atoms with Gasteiger partial charge in [-0.3, -0.25) is 9.59 Å². The Balaban J connectivity index is 2.13. The average Bonchev–Trinajstić information content (AvgIpc) is 3.06. The lowest BCUT2D eigenvalue weighted by molar-refractivity contribution is -0.140. The summed E-state index contributed by atoms with van der Waals surface area (Å²) < 4.78 is 11.3. The van der Waals surface area contributed by atoms with E-state index < -0.39 is 17.7 Å². The number of ether oxygens (including phenoxy) is 2. The first-order chi connectivity index (χ1) is 15.4. The molecule has 0 unspecified atom stereocenters. The van der Waals surface area contributed by atoms with Gasteiger partial charge in [-0.1, -0.05) is 43.3 Å². The minimum atomic E-state index is -0.732. The van der Waals surface area contributed by atoms with E-state index >= 15 is 0 Å². The number of likely N-dealkylation sites (tertiary alicyclic amines) is 1. The molecule has 0 spiro atoms. The van der Waals surface area contributed by atoms with Crippen LogP contribution in [0.2, 0.25) is 0 Å². The third-order valence-corrected chi connectivity index (χ3v) is 5.34. The highest BCUT2D eigenvalue weighted by Crippen LogP contribution is 2.41. The quantitative estimate of drug-likeness (QED) is 0.367. The number of rotatable bonds is 9. The molecule has 1 amide bonds. The Bertz CT molecular complexity index is 1000. The van der Waals surface area contributed by atoms with Gasteiger partial charge in [-0.2, -0.15) is 0 Å². The van der Waals surface area contributed by atoms with E-state index in [-0.39, 0.29) is 11.3 Å². The summed E-state index contributed by atoms with van der Waals surface area (Å²) in [5.41, 5.74) is 1.23. The average molecular weight is 439 g/mol. The van der Waals surface area contributed by atoms with Gasteiger partial charge in [-0.15, -0.1) is 0 Å². The molecule has 1 atom stereocenters. The second-order valence-electron chi connectivity index (χ2n) is 7.92. The smallest absolute Gasteiger partial charge is 0.295 e. The van der Waals surface area contributed by atoms with Crippen molar-refractivity contribution >= 4 is 17.4 Å². The van der Waals surface area contributed by atoms with Crippen molar-refractivity contribution in [2.45, 2.75) is 19.4 Å². The molecule has 1 N–H and O–H groups in total. The number of hydrogen-bond donors (Lipinski definition) is 1. The van der Waals surface area contributed by atoms with E-state index in [1.165, 1.54) is 4.90 Å². The summed E-state index contributed by atoms with van der Waals surface area (Å²) in [7, 11) is 5.35. The summed E-state index contributed by atoms with van der Waals surface area (Å²) in [4.78, 5) is 29.5. The maximum Gasteiger partial charge on any atom is 0.295 e. The Morgan fingerprint density at radius 2 is 1.81 bits per heavy atom. The molecule has 0 bridgehead atoms. The van der Waals surface area contributed by atoms with Gasteiger partial charge >= 0.3 is 0 Å². The Morgan fingerprint density at radius 1 is 1.09 bits per heavy atom. The molecule has 3 rings (SSSR count). The topological polar surface area (TPSA) is 79.3 Å². The molecule has 0 aliphatic carbocycles. The molecule has 7 heteroatoms. The molecule has 0 radical (unpaired) electrons. The number of nitrogens with zero attached hydrogens (tertiary/aromatic N) is 2. The fourth-order valence-corrected chi connectivity index (χ4v) is 3.70. The highest BCUT2D eigenvalue weighted by molar-refractivity contribution is 6.46. The van der Waals surface area contributed by atoms with Gasteiger partial charge in [0.1, 0.15) is 5.76 Å². The summed E-state index contributed by atoms with van der Waals surface area (Å²) in [6.07, 6.45) is 0.854. The number of Topliss-reactive ketones (excluding diaryl/α,β-unsaturated/α-hetero) is 1. The summed E-state index contributed by atoms with van der Waals surface area (Å²) in [5.74, 6) is -0.410. The normalized spacial score (nSPS) is 17.8. The zero-order valence-corrected chi connectivity index (χ0v) is 19.0. The fraction of sp³-hybridized carbons (Fsp3) is 0.360. The molecule has 32 heavy (non-hydrogen) atoms. The predicted molar refractivity (Wildman–Crippen MR) is 123 cm³/mol. The van der Waals surface area contributed by atoms with Crippen molar-refractivity contribution in [3.63, 3.8) is 0 Å². The van der Waals surface area contributed by atoms with Crippen molar-refractivity contribution in [1.29, 1.82) is 0 Å². The van der Waals surface area contributed by atoms with Crippen molar-refractivity contribution in [2.75, 3.05) is 40.9 Å². The largest absolute Gasteiger partial charge is 0.507 e. The van der Waals surface area contributed by atoms with E-state index in [9.17, 15) is 14.7 Å². The molecular formula is C25H30N2O5. The number of hydrogen-bond acceptors (Lipinski definition) is 6. The van der Waals surface area contributed by atoms with Gasteiger partial charge in [0.25, 0.3) is 11.7 Å². The van der Waals surface area contributed by atoms with Crippen molar-refractivity contribution < 1.29 is 24.2 Å². The van der Waals surface area contributed by atoms with E-state index in [0.29, 0.717) is 42.3 Å². The van der Waals surface area contributed by atoms with Gasteiger partial charge in [0.15, 0.2) is 11.5 Å². The number of methoxy groups -OCH3 is 1. The van der Waals surface area contributed by atoms with Crippen molar-refractivity contribution in [3.8, 4) is 11.5 Å². The first-order valence-electron chi connectivity index (χ1n) is 10.7. The number of amides is 1. The zero-order chi connectivity index (χ0) is 23.3. The fourth-order valence-electron chi connectivity index (χ4n) is 3.70. The first-order valence-corrected chi connectivity index (χ1v) is 10.7. The monoisotopic (exact) mass is 438 g/mol. The number of ketones is 1. The molecule has 1 heterocycles. The van der Waals surface area contributed by atoms with Gasteiger partial charge in [-0.05, 0) is 38.2 Å². The van der Waals surface area contributed by atoms with Crippen LogP contribution < -0.4 is 9.47 Å². The number of likely N-dealkylation sites (N-methyl/N-ethyl adjacent to an activating group) is 1. The molecule has 2 aromatic rings. The Kier molecular flexibility index (Phi) is 7.53. The Morgan fingerprint density at radius 3 is 2.44 bits per heavy atom. The second-order valence-corrected chi connectivity index (χ2v) is 7.92. The van der Waals surface area contributed by atoms with Crippen LogP contribution in [0.15, 0.2) is 54.1 Å². The van der Waals surface area contributed by atoms with Crippen LogP contribution in [-0.4, -0.2) is 67.5 Å². The first kappa shape index (κ1) is 23.3. The summed E-state index contributed by atoms with van der Waals surface area (Å²) in [5, 5.41) is 11.0. The Hall–Kier alpha value is -3.32. The number of aliphatic hydroxyl groups is 1. The van der Waals surface area contributed by atoms with Gasteiger partial charge in [0, 0.05) is 18.7 Å². The number of carbonyl (C=O) groups excluding carboxylic acids is 2. The highest BCUT2D eigenvalue weighted by atomic mass is 16.5. The summed E-state index contributed by atoms with van der Waals surface area (Å²) in [6, 6.07) is 13.4. The minimum Gasteiger partial charge on any atom is -0.507 e. The third kappa shape index (κ3) is 4.78. The van der Waals surface area contributed by atoms with Crippen molar-refractivity contribution in [2.24, 2.45) is 0 Å². The van der Waals surface area contributed by atoms with Crippen LogP contribution in [0.1, 0.15) is 30.5 Å². The molecule has 7 nitrogen and oxygen atoms in total. The molecular weight excluding hydrogens is 408 g/mol. The maximum atomic E-state index is 13.0. The summed E-state index contributed by atoms with van der Waals surface area (Å²) >= 11 is 0.